The number of aliphatic hydroxyl groups excluding tert-OH is 2. The number of aliphatic hydroxyl groups is 2. The predicted molar refractivity (Wildman–Crippen MR) is 101 cm³/mol. The number of hydrogen-bond donors (Lipinski definition) is 3. The monoisotopic (exact) mass is 416 g/mol. The second kappa shape index (κ2) is 10.0. The summed E-state index contributed by atoms with van der Waals surface area (Å²) in [4.78, 5) is -0.402. The topological polar surface area (TPSA) is 132 Å². The molecule has 0 heterocycles. The summed E-state index contributed by atoms with van der Waals surface area (Å²) in [6.45, 7) is -0.0654. The van der Waals surface area contributed by atoms with Crippen LogP contribution in [0.1, 0.15) is 0 Å². The molecule has 28 heavy (non-hydrogen) atoms. The summed E-state index contributed by atoms with van der Waals surface area (Å²) in [5.74, 6) is 0.322. The third kappa shape index (κ3) is 6.03. The first-order valence-electron chi connectivity index (χ1n) is 8.40. The van der Waals surface area contributed by atoms with E-state index in [-0.39, 0.29) is 37.6 Å². The summed E-state index contributed by atoms with van der Waals surface area (Å²) in [6.07, 6.45) is -1.76. The van der Waals surface area contributed by atoms with E-state index in [1.165, 1.54) is 32.4 Å². The summed E-state index contributed by atoms with van der Waals surface area (Å²) in [5, 5.41) is 20.0. The standard InChI is InChI=1S/C18H24O9S/c1-24-8-13(19)10-26-15-4-5-16-12(7-15)3-6-17(18(16)28(21,22)23)27-11-14(20)9-25-2/h3-7,13-14,19-20H,8-11H2,1-2H3,(H,21,22,23). The molecular weight excluding hydrogens is 392 g/mol. The second-order valence-electron chi connectivity index (χ2n) is 6.09. The number of rotatable bonds is 11. The van der Waals surface area contributed by atoms with Gasteiger partial charge in [-0.25, -0.2) is 0 Å². The molecule has 0 aliphatic heterocycles. The summed E-state index contributed by atoms with van der Waals surface area (Å²) in [7, 11) is -1.73. The van der Waals surface area contributed by atoms with Gasteiger partial charge >= 0.3 is 0 Å². The van der Waals surface area contributed by atoms with Crippen molar-refractivity contribution in [3.63, 3.8) is 0 Å². The molecule has 0 amide bonds. The molecule has 9 nitrogen and oxygen atoms in total. The molecule has 10 heteroatoms. The van der Waals surface area contributed by atoms with Crippen LogP contribution in [0.15, 0.2) is 35.2 Å². The highest BCUT2D eigenvalue weighted by atomic mass is 32.2. The average Bonchev–Trinajstić information content (AvgIpc) is 2.63. The van der Waals surface area contributed by atoms with Crippen molar-refractivity contribution in [1.82, 2.24) is 0 Å². The molecule has 0 saturated carbocycles. The predicted octanol–water partition coefficient (Wildman–Crippen LogP) is 0.859. The van der Waals surface area contributed by atoms with Crippen molar-refractivity contribution >= 4 is 20.9 Å². The van der Waals surface area contributed by atoms with Crippen molar-refractivity contribution in [2.45, 2.75) is 17.1 Å². The average molecular weight is 416 g/mol. The van der Waals surface area contributed by atoms with E-state index in [9.17, 15) is 23.2 Å². The van der Waals surface area contributed by atoms with E-state index in [0.717, 1.165) is 0 Å². The van der Waals surface area contributed by atoms with Gasteiger partial charge in [0.15, 0.2) is 0 Å². The van der Waals surface area contributed by atoms with E-state index in [2.05, 4.69) is 0 Å². The maximum Gasteiger partial charge on any atom is 0.298 e. The van der Waals surface area contributed by atoms with Crippen LogP contribution in [0.25, 0.3) is 10.8 Å². The van der Waals surface area contributed by atoms with Crippen LogP contribution in [0.5, 0.6) is 11.5 Å². The normalized spacial score (nSPS) is 14.0. The quantitative estimate of drug-likeness (QED) is 0.456. The zero-order valence-corrected chi connectivity index (χ0v) is 16.4. The molecule has 2 aromatic carbocycles. The minimum absolute atomic E-state index is 0.00306. The Morgan fingerprint density at radius 1 is 0.893 bits per heavy atom. The van der Waals surface area contributed by atoms with Crippen molar-refractivity contribution in [1.29, 1.82) is 0 Å². The smallest absolute Gasteiger partial charge is 0.298 e. The first kappa shape index (κ1) is 22.3. The number of fused-ring (bicyclic) bond motifs is 1. The number of methoxy groups -OCH3 is 2. The van der Waals surface area contributed by atoms with Crippen LogP contribution in [0, 0.1) is 0 Å². The molecule has 0 aliphatic carbocycles. The fourth-order valence-electron chi connectivity index (χ4n) is 2.59. The molecule has 2 unspecified atom stereocenters. The summed E-state index contributed by atoms with van der Waals surface area (Å²) in [6, 6.07) is 7.54. The van der Waals surface area contributed by atoms with Gasteiger partial charge in [0, 0.05) is 19.6 Å². The van der Waals surface area contributed by atoms with Gasteiger partial charge in [0.2, 0.25) is 0 Å². The van der Waals surface area contributed by atoms with Crippen LogP contribution in [-0.2, 0) is 19.6 Å². The molecule has 0 saturated heterocycles. The maximum atomic E-state index is 11.9. The van der Waals surface area contributed by atoms with Gasteiger partial charge in [0.1, 0.15) is 41.8 Å². The molecule has 0 aromatic heterocycles. The van der Waals surface area contributed by atoms with Gasteiger partial charge in [-0.05, 0) is 29.7 Å². The third-order valence-electron chi connectivity index (χ3n) is 3.76. The third-order valence-corrected chi connectivity index (χ3v) is 4.69. The molecule has 2 atom stereocenters. The number of ether oxygens (including phenoxy) is 4. The van der Waals surface area contributed by atoms with Crippen LogP contribution in [0.4, 0.5) is 0 Å². The Morgan fingerprint density at radius 3 is 2.07 bits per heavy atom. The van der Waals surface area contributed by atoms with Crippen molar-refractivity contribution < 1.29 is 42.1 Å². The number of hydrogen-bond acceptors (Lipinski definition) is 8. The Labute approximate surface area is 163 Å². The number of benzene rings is 2. The first-order valence-corrected chi connectivity index (χ1v) is 9.84. The van der Waals surface area contributed by atoms with Gasteiger partial charge in [0.25, 0.3) is 10.1 Å². The molecule has 3 N–H and O–H groups in total. The Bertz CT molecular complexity index is 882. The van der Waals surface area contributed by atoms with Crippen molar-refractivity contribution in [3.05, 3.63) is 30.3 Å². The Morgan fingerprint density at radius 2 is 1.50 bits per heavy atom. The molecule has 0 radical (unpaired) electrons. The van der Waals surface area contributed by atoms with E-state index in [0.29, 0.717) is 11.1 Å². The van der Waals surface area contributed by atoms with Crippen LogP contribution in [0.3, 0.4) is 0 Å². The summed E-state index contributed by atoms with van der Waals surface area (Å²) >= 11 is 0. The molecule has 156 valence electrons. The lowest BCUT2D eigenvalue weighted by atomic mass is 10.1. The van der Waals surface area contributed by atoms with Crippen LogP contribution in [0.2, 0.25) is 0 Å². The molecule has 2 rings (SSSR count). The molecule has 0 spiro atoms. The lowest BCUT2D eigenvalue weighted by Gasteiger charge is -2.16. The lowest BCUT2D eigenvalue weighted by Crippen LogP contribution is -2.23. The molecule has 0 aliphatic rings. The first-order chi connectivity index (χ1) is 13.3. The van der Waals surface area contributed by atoms with Gasteiger partial charge in [-0.15, -0.1) is 0 Å². The second-order valence-corrected chi connectivity index (χ2v) is 7.45. The Kier molecular flexibility index (Phi) is 7.98. The fraction of sp³-hybridized carbons (Fsp3) is 0.444. The van der Waals surface area contributed by atoms with E-state index < -0.39 is 27.2 Å². The summed E-state index contributed by atoms with van der Waals surface area (Å²) < 4.78 is 54.0. The van der Waals surface area contributed by atoms with E-state index in [4.69, 9.17) is 18.9 Å². The largest absolute Gasteiger partial charge is 0.491 e. The van der Waals surface area contributed by atoms with Crippen molar-refractivity contribution in [3.8, 4) is 11.5 Å². The summed E-state index contributed by atoms with van der Waals surface area (Å²) in [5.41, 5.74) is 0. The van der Waals surface area contributed by atoms with Gasteiger partial charge in [-0.2, -0.15) is 8.42 Å². The molecule has 0 fully saturated rings. The van der Waals surface area contributed by atoms with E-state index in [1.807, 2.05) is 0 Å². The highest BCUT2D eigenvalue weighted by molar-refractivity contribution is 7.86. The Hall–Kier alpha value is -1.95. The molecule has 2 aromatic rings. The van der Waals surface area contributed by atoms with Gasteiger partial charge < -0.3 is 29.2 Å². The van der Waals surface area contributed by atoms with Crippen LogP contribution < -0.4 is 9.47 Å². The minimum Gasteiger partial charge on any atom is -0.491 e. The SMILES string of the molecule is COCC(O)COc1ccc2c(S(=O)(=O)O)c(OCC(O)COC)ccc2c1. The van der Waals surface area contributed by atoms with Crippen LogP contribution in [-0.4, -0.2) is 76.0 Å². The Balaban J connectivity index is 2.31. The minimum atomic E-state index is -4.60. The van der Waals surface area contributed by atoms with Crippen molar-refractivity contribution in [2.24, 2.45) is 0 Å². The zero-order valence-electron chi connectivity index (χ0n) is 15.6. The van der Waals surface area contributed by atoms with Gasteiger partial charge in [-0.1, -0.05) is 6.07 Å². The van der Waals surface area contributed by atoms with E-state index in [1.54, 1.807) is 12.1 Å². The van der Waals surface area contributed by atoms with E-state index >= 15 is 0 Å². The maximum absolute atomic E-state index is 11.9. The van der Waals surface area contributed by atoms with Crippen molar-refractivity contribution in [2.75, 3.05) is 40.6 Å². The van der Waals surface area contributed by atoms with Crippen LogP contribution >= 0.6 is 0 Å². The van der Waals surface area contributed by atoms with Gasteiger partial charge in [0.05, 0.1) is 13.2 Å². The highest BCUT2D eigenvalue weighted by Crippen LogP contribution is 2.34. The molecular formula is C18H24O9S. The zero-order chi connectivity index (χ0) is 20.7. The lowest BCUT2D eigenvalue weighted by molar-refractivity contribution is 0.0318. The molecule has 0 bridgehead atoms. The van der Waals surface area contributed by atoms with Gasteiger partial charge in [-0.3, -0.25) is 4.55 Å². The fourth-order valence-corrected chi connectivity index (χ4v) is 3.43. The highest BCUT2D eigenvalue weighted by Gasteiger charge is 2.22.